The van der Waals surface area contributed by atoms with Crippen molar-refractivity contribution in [3.63, 3.8) is 0 Å². The zero-order chi connectivity index (χ0) is 23.4. The molecule has 0 unspecified atom stereocenters. The number of thiophene rings is 1. The number of hydrogen-bond acceptors (Lipinski definition) is 6. The zero-order valence-electron chi connectivity index (χ0n) is 19.0. The van der Waals surface area contributed by atoms with Crippen LogP contribution in [0.15, 0.2) is 64.3 Å². The second-order valence-electron chi connectivity index (χ2n) is 7.70. The third-order valence-electron chi connectivity index (χ3n) is 5.71. The Balaban J connectivity index is 1.76. The van der Waals surface area contributed by atoms with Crippen molar-refractivity contribution in [2.45, 2.75) is 20.4 Å². The molecule has 0 fully saturated rings. The number of nitrogens with zero attached hydrogens (tertiary/aromatic N) is 2. The smallest absolute Gasteiger partial charge is 0.337 e. The molecular formula is C26H27N3O3S. The summed E-state index contributed by atoms with van der Waals surface area (Å²) in [5, 5.41) is 15.6. The molecule has 0 bridgehead atoms. The second-order valence-corrected chi connectivity index (χ2v) is 8.48. The summed E-state index contributed by atoms with van der Waals surface area (Å²) in [6.07, 6.45) is 0. The Morgan fingerprint density at radius 2 is 1.85 bits per heavy atom. The number of fused-ring (bicyclic) bond motifs is 1. The van der Waals surface area contributed by atoms with Crippen molar-refractivity contribution < 1.29 is 14.6 Å². The number of aromatic amines is 1. The quantitative estimate of drug-likeness (QED) is 0.259. The number of hydrogen-bond donors (Lipinski definition) is 2. The Morgan fingerprint density at radius 3 is 2.48 bits per heavy atom. The van der Waals surface area contributed by atoms with Gasteiger partial charge in [0, 0.05) is 28.4 Å². The van der Waals surface area contributed by atoms with Crippen LogP contribution in [0.25, 0.3) is 10.9 Å². The number of aromatic hydroxyl groups is 1. The molecule has 33 heavy (non-hydrogen) atoms. The molecule has 0 saturated heterocycles. The van der Waals surface area contributed by atoms with E-state index in [0.29, 0.717) is 22.4 Å². The summed E-state index contributed by atoms with van der Waals surface area (Å²) in [5.74, 6) is -0.417. The summed E-state index contributed by atoms with van der Waals surface area (Å²) in [5.41, 5.74) is 5.28. The van der Waals surface area contributed by atoms with Gasteiger partial charge >= 0.3 is 5.97 Å². The van der Waals surface area contributed by atoms with Crippen LogP contribution in [0, 0.1) is 0 Å². The molecule has 2 aromatic heterocycles. The molecule has 4 rings (SSSR count). The molecule has 0 aliphatic rings. The van der Waals surface area contributed by atoms with Crippen LogP contribution in [0.1, 0.15) is 40.9 Å². The van der Waals surface area contributed by atoms with E-state index in [1.165, 1.54) is 12.7 Å². The van der Waals surface area contributed by atoms with Gasteiger partial charge in [0.25, 0.3) is 0 Å². The summed E-state index contributed by atoms with van der Waals surface area (Å²) in [6, 6.07) is 15.4. The maximum Gasteiger partial charge on any atom is 0.337 e. The number of rotatable bonds is 8. The van der Waals surface area contributed by atoms with E-state index < -0.39 is 5.97 Å². The second kappa shape index (κ2) is 10.0. The first kappa shape index (κ1) is 22.8. The summed E-state index contributed by atoms with van der Waals surface area (Å²) in [7, 11) is 1.35. The number of methoxy groups -OCH3 is 1. The molecule has 0 spiro atoms. The number of carbonyl (C=O) groups excluding carboxylic acids is 1. The van der Waals surface area contributed by atoms with E-state index in [2.05, 4.69) is 35.9 Å². The average Bonchev–Trinajstić information content (AvgIpc) is 3.48. The van der Waals surface area contributed by atoms with E-state index in [0.717, 1.165) is 36.3 Å². The van der Waals surface area contributed by atoms with E-state index in [1.54, 1.807) is 23.5 Å². The predicted molar refractivity (Wildman–Crippen MR) is 134 cm³/mol. The van der Waals surface area contributed by atoms with Crippen LogP contribution < -0.4 is 0 Å². The van der Waals surface area contributed by atoms with E-state index in [4.69, 9.17) is 9.73 Å². The molecular weight excluding hydrogens is 434 g/mol. The minimum absolute atomic E-state index is 0.00937. The minimum atomic E-state index is -0.427. The van der Waals surface area contributed by atoms with Gasteiger partial charge in [0.15, 0.2) is 5.88 Å². The van der Waals surface area contributed by atoms with Crippen LogP contribution in [-0.4, -0.2) is 46.9 Å². The van der Waals surface area contributed by atoms with E-state index >= 15 is 0 Å². The molecule has 0 radical (unpaired) electrons. The van der Waals surface area contributed by atoms with Crippen molar-refractivity contribution in [2.24, 2.45) is 4.99 Å². The van der Waals surface area contributed by atoms with E-state index in [9.17, 15) is 9.90 Å². The molecule has 4 aromatic rings. The van der Waals surface area contributed by atoms with Crippen molar-refractivity contribution in [3.05, 3.63) is 81.5 Å². The van der Waals surface area contributed by atoms with Crippen LogP contribution >= 0.6 is 11.3 Å². The molecule has 2 heterocycles. The Morgan fingerprint density at radius 1 is 1.09 bits per heavy atom. The summed E-state index contributed by atoms with van der Waals surface area (Å²) in [6.45, 7) is 7.25. The van der Waals surface area contributed by atoms with Gasteiger partial charge in [0.2, 0.25) is 0 Å². The third-order valence-corrected chi connectivity index (χ3v) is 6.39. The molecule has 0 amide bonds. The first-order chi connectivity index (χ1) is 16.0. The molecule has 0 aliphatic carbocycles. The van der Waals surface area contributed by atoms with Crippen molar-refractivity contribution in [3.8, 4) is 5.88 Å². The highest BCUT2D eigenvalue weighted by Gasteiger charge is 2.20. The fraction of sp³-hybridized carbons (Fsp3) is 0.231. The minimum Gasteiger partial charge on any atom is -0.494 e. The number of nitrogens with one attached hydrogen (secondary N) is 1. The Hall–Kier alpha value is -3.42. The highest BCUT2D eigenvalue weighted by molar-refractivity contribution is 7.08. The van der Waals surface area contributed by atoms with Gasteiger partial charge in [0.05, 0.1) is 29.6 Å². The SMILES string of the molecule is CCN(CC)Cc1ccc(N=C(c2ccsc2)c2c(O)[nH]c3cc(C(=O)OC)ccc23)cc1. The maximum atomic E-state index is 11.9. The standard InChI is InChI=1S/C26H27N3O3S/c1-4-29(5-2)15-17-6-9-20(10-7-17)27-24(19-12-13-33-16-19)23-21-11-8-18(26(31)32-3)14-22(21)28-25(23)30/h6-14,16,28,30H,4-5,15H2,1-3H3. The molecule has 2 aromatic carbocycles. The Labute approximate surface area is 197 Å². The van der Waals surface area contributed by atoms with Crippen LogP contribution in [0.2, 0.25) is 0 Å². The molecule has 0 atom stereocenters. The highest BCUT2D eigenvalue weighted by atomic mass is 32.1. The van der Waals surface area contributed by atoms with Crippen molar-refractivity contribution >= 4 is 39.6 Å². The zero-order valence-corrected chi connectivity index (χ0v) is 19.8. The first-order valence-corrected chi connectivity index (χ1v) is 11.8. The van der Waals surface area contributed by atoms with Gasteiger partial charge in [-0.25, -0.2) is 9.79 Å². The predicted octanol–water partition coefficient (Wildman–Crippen LogP) is 5.73. The van der Waals surface area contributed by atoms with Crippen LogP contribution in [-0.2, 0) is 11.3 Å². The normalized spacial score (nSPS) is 11.9. The topological polar surface area (TPSA) is 77.9 Å². The molecule has 170 valence electrons. The third kappa shape index (κ3) is 4.84. The first-order valence-electron chi connectivity index (χ1n) is 10.9. The number of esters is 1. The van der Waals surface area contributed by atoms with Gasteiger partial charge < -0.3 is 14.8 Å². The number of carbonyl (C=O) groups is 1. The summed E-state index contributed by atoms with van der Waals surface area (Å²) < 4.78 is 4.81. The molecule has 7 heteroatoms. The van der Waals surface area contributed by atoms with Gasteiger partial charge in [0.1, 0.15) is 0 Å². The molecule has 0 aliphatic heterocycles. The fourth-order valence-corrected chi connectivity index (χ4v) is 4.48. The van der Waals surface area contributed by atoms with Gasteiger partial charge in [-0.1, -0.05) is 32.0 Å². The number of ether oxygens (including phenoxy) is 1. The monoisotopic (exact) mass is 461 g/mol. The van der Waals surface area contributed by atoms with Gasteiger partial charge in [-0.15, -0.1) is 0 Å². The van der Waals surface area contributed by atoms with Crippen molar-refractivity contribution in [1.29, 1.82) is 0 Å². The summed E-state index contributed by atoms with van der Waals surface area (Å²) in [4.78, 5) is 22.2. The number of aliphatic imine (C=N–C) groups is 1. The lowest BCUT2D eigenvalue weighted by Crippen LogP contribution is -2.21. The van der Waals surface area contributed by atoms with E-state index in [-0.39, 0.29) is 5.88 Å². The van der Waals surface area contributed by atoms with Crippen LogP contribution in [0.3, 0.4) is 0 Å². The lowest BCUT2D eigenvalue weighted by atomic mass is 10.0. The average molecular weight is 462 g/mol. The van der Waals surface area contributed by atoms with Gasteiger partial charge in [-0.2, -0.15) is 11.3 Å². The molecule has 2 N–H and O–H groups in total. The van der Waals surface area contributed by atoms with E-state index in [1.807, 2.05) is 35.0 Å². The van der Waals surface area contributed by atoms with Crippen molar-refractivity contribution in [1.82, 2.24) is 9.88 Å². The fourth-order valence-electron chi connectivity index (χ4n) is 3.84. The largest absolute Gasteiger partial charge is 0.494 e. The summed E-state index contributed by atoms with van der Waals surface area (Å²) >= 11 is 1.57. The number of benzene rings is 2. The van der Waals surface area contributed by atoms with Crippen LogP contribution in [0.4, 0.5) is 5.69 Å². The highest BCUT2D eigenvalue weighted by Crippen LogP contribution is 2.32. The number of aromatic nitrogens is 1. The Bertz CT molecular complexity index is 1270. The Kier molecular flexibility index (Phi) is 6.91. The van der Waals surface area contributed by atoms with Crippen molar-refractivity contribution in [2.75, 3.05) is 20.2 Å². The number of H-pyrrole nitrogens is 1. The lowest BCUT2D eigenvalue weighted by Gasteiger charge is -2.17. The molecule has 0 saturated carbocycles. The van der Waals surface area contributed by atoms with Crippen LogP contribution in [0.5, 0.6) is 5.88 Å². The maximum absolute atomic E-state index is 11.9. The van der Waals surface area contributed by atoms with Gasteiger partial charge in [-0.3, -0.25) is 4.90 Å². The van der Waals surface area contributed by atoms with Gasteiger partial charge in [-0.05, 0) is 54.4 Å². The molecule has 6 nitrogen and oxygen atoms in total. The lowest BCUT2D eigenvalue weighted by molar-refractivity contribution is 0.0601.